The topological polar surface area (TPSA) is 15.3 Å². The van der Waals surface area contributed by atoms with Crippen molar-refractivity contribution in [1.29, 1.82) is 0 Å². The summed E-state index contributed by atoms with van der Waals surface area (Å²) in [7, 11) is 4.10. The minimum absolute atomic E-state index is 0.0465. The normalized spacial score (nSPS) is 26.1. The Bertz CT molecular complexity index is 376. The Morgan fingerprint density at radius 1 is 1.41 bits per heavy atom. The first kappa shape index (κ1) is 12.5. The van der Waals surface area contributed by atoms with Crippen molar-refractivity contribution >= 4 is 0 Å². The van der Waals surface area contributed by atoms with Crippen LogP contribution < -0.4 is 5.32 Å². The van der Waals surface area contributed by atoms with E-state index in [4.69, 9.17) is 0 Å². The molecule has 1 aliphatic heterocycles. The van der Waals surface area contributed by atoms with Gasteiger partial charge in [-0.1, -0.05) is 12.1 Å². The van der Waals surface area contributed by atoms with Gasteiger partial charge in [0.2, 0.25) is 0 Å². The fourth-order valence-electron chi connectivity index (χ4n) is 2.93. The second kappa shape index (κ2) is 5.15. The molecule has 0 saturated carbocycles. The van der Waals surface area contributed by atoms with Crippen LogP contribution >= 0.6 is 0 Å². The Kier molecular flexibility index (Phi) is 3.79. The van der Waals surface area contributed by atoms with Crippen LogP contribution in [0.1, 0.15) is 24.8 Å². The van der Waals surface area contributed by atoms with E-state index in [0.29, 0.717) is 0 Å². The summed E-state index contributed by atoms with van der Waals surface area (Å²) in [5, 5.41) is 3.26. The monoisotopic (exact) mass is 236 g/mol. The molecule has 0 radical (unpaired) electrons. The van der Waals surface area contributed by atoms with Gasteiger partial charge >= 0.3 is 0 Å². The molecule has 1 fully saturated rings. The second-order valence-electron chi connectivity index (χ2n) is 4.95. The summed E-state index contributed by atoms with van der Waals surface area (Å²) in [5.74, 6) is -0.142. The molecule has 1 aromatic rings. The van der Waals surface area contributed by atoms with Crippen molar-refractivity contribution in [3.63, 3.8) is 0 Å². The fourth-order valence-corrected chi connectivity index (χ4v) is 2.93. The number of hydrogen-bond acceptors (Lipinski definition) is 2. The summed E-state index contributed by atoms with van der Waals surface area (Å²) >= 11 is 0. The van der Waals surface area contributed by atoms with E-state index in [2.05, 4.69) is 17.3 Å². The van der Waals surface area contributed by atoms with Crippen LogP contribution in [0.3, 0.4) is 0 Å². The van der Waals surface area contributed by atoms with Gasteiger partial charge in [-0.05, 0) is 57.6 Å². The molecule has 0 spiro atoms. The van der Waals surface area contributed by atoms with E-state index in [9.17, 15) is 4.39 Å². The molecule has 1 unspecified atom stereocenters. The summed E-state index contributed by atoms with van der Waals surface area (Å²) in [5.41, 5.74) is 1.05. The quantitative estimate of drug-likeness (QED) is 0.866. The lowest BCUT2D eigenvalue weighted by Crippen LogP contribution is -2.52. The molecule has 3 heteroatoms. The Morgan fingerprint density at radius 3 is 2.88 bits per heavy atom. The van der Waals surface area contributed by atoms with Gasteiger partial charge in [0.05, 0.1) is 5.54 Å². The minimum Gasteiger partial charge on any atom is -0.318 e. The largest absolute Gasteiger partial charge is 0.318 e. The number of nitrogens with zero attached hydrogens (tertiary/aromatic N) is 1. The van der Waals surface area contributed by atoms with Crippen molar-refractivity contribution in [3.05, 3.63) is 35.6 Å². The molecule has 1 heterocycles. The maximum atomic E-state index is 13.4. The van der Waals surface area contributed by atoms with E-state index in [-0.39, 0.29) is 11.4 Å². The summed E-state index contributed by atoms with van der Waals surface area (Å²) in [4.78, 5) is 2.36. The van der Waals surface area contributed by atoms with Gasteiger partial charge in [0, 0.05) is 6.54 Å². The Morgan fingerprint density at radius 2 is 2.24 bits per heavy atom. The molecule has 0 aliphatic carbocycles. The van der Waals surface area contributed by atoms with E-state index < -0.39 is 0 Å². The highest BCUT2D eigenvalue weighted by atomic mass is 19.1. The Balaban J connectivity index is 2.39. The molecule has 1 saturated heterocycles. The summed E-state index contributed by atoms with van der Waals surface area (Å²) in [6.45, 7) is 1.95. The molecular formula is C14H21FN2. The van der Waals surface area contributed by atoms with Crippen LogP contribution in [-0.4, -0.2) is 32.1 Å². The lowest BCUT2D eigenvalue weighted by atomic mass is 9.80. The molecule has 2 nitrogen and oxygen atoms in total. The van der Waals surface area contributed by atoms with Gasteiger partial charge in [-0.15, -0.1) is 0 Å². The first-order chi connectivity index (χ1) is 8.19. The lowest BCUT2D eigenvalue weighted by molar-refractivity contribution is 0.0713. The third kappa shape index (κ3) is 2.35. The van der Waals surface area contributed by atoms with Gasteiger partial charge in [0.15, 0.2) is 0 Å². The van der Waals surface area contributed by atoms with Crippen molar-refractivity contribution in [3.8, 4) is 0 Å². The molecule has 1 aliphatic rings. The standard InChI is InChI=1S/C14H21FN2/c1-16-11-14(8-3-4-9-17(14)2)12-6-5-7-13(15)10-12/h5-7,10,16H,3-4,8-9,11H2,1-2H3. The molecular weight excluding hydrogens is 215 g/mol. The number of nitrogens with one attached hydrogen (secondary N) is 1. The molecule has 94 valence electrons. The van der Waals surface area contributed by atoms with E-state index in [1.54, 1.807) is 6.07 Å². The second-order valence-corrected chi connectivity index (χ2v) is 4.95. The van der Waals surface area contributed by atoms with Gasteiger partial charge in [-0.25, -0.2) is 4.39 Å². The van der Waals surface area contributed by atoms with Crippen molar-refractivity contribution in [1.82, 2.24) is 10.2 Å². The molecule has 0 amide bonds. The highest BCUT2D eigenvalue weighted by molar-refractivity contribution is 5.26. The van der Waals surface area contributed by atoms with Crippen LogP contribution in [0.25, 0.3) is 0 Å². The van der Waals surface area contributed by atoms with E-state index in [1.165, 1.54) is 18.9 Å². The average molecular weight is 236 g/mol. The zero-order valence-corrected chi connectivity index (χ0v) is 10.7. The number of hydrogen-bond donors (Lipinski definition) is 1. The number of halogens is 1. The number of likely N-dealkylation sites (tertiary alicyclic amines) is 1. The lowest BCUT2D eigenvalue weighted by Gasteiger charge is -2.46. The summed E-state index contributed by atoms with van der Waals surface area (Å²) < 4.78 is 13.4. The molecule has 0 bridgehead atoms. The molecule has 2 rings (SSSR count). The van der Waals surface area contributed by atoms with Crippen LogP contribution in [0.4, 0.5) is 4.39 Å². The van der Waals surface area contributed by atoms with Crippen LogP contribution in [0, 0.1) is 5.82 Å². The highest BCUT2D eigenvalue weighted by Crippen LogP contribution is 2.36. The molecule has 17 heavy (non-hydrogen) atoms. The van der Waals surface area contributed by atoms with Crippen molar-refractivity contribution in [2.75, 3.05) is 27.2 Å². The fraction of sp³-hybridized carbons (Fsp3) is 0.571. The number of benzene rings is 1. The van der Waals surface area contributed by atoms with Gasteiger partial charge in [0.25, 0.3) is 0 Å². The smallest absolute Gasteiger partial charge is 0.123 e. The van der Waals surface area contributed by atoms with Crippen LogP contribution in [0.15, 0.2) is 24.3 Å². The minimum atomic E-state index is -0.142. The van der Waals surface area contributed by atoms with E-state index in [1.807, 2.05) is 19.2 Å². The van der Waals surface area contributed by atoms with Crippen LogP contribution in [0.5, 0.6) is 0 Å². The third-order valence-corrected chi connectivity index (χ3v) is 3.90. The number of likely N-dealkylation sites (N-methyl/N-ethyl adjacent to an activating group) is 2. The van der Waals surface area contributed by atoms with Gasteiger partial charge < -0.3 is 5.32 Å². The maximum absolute atomic E-state index is 13.4. The SMILES string of the molecule is CNCC1(c2cccc(F)c2)CCCCN1C. The first-order valence-electron chi connectivity index (χ1n) is 6.31. The predicted octanol–water partition coefficient (Wildman–Crippen LogP) is 2.36. The van der Waals surface area contributed by atoms with Gasteiger partial charge in [0.1, 0.15) is 5.82 Å². The summed E-state index contributed by atoms with van der Waals surface area (Å²) in [6, 6.07) is 7.05. The molecule has 0 aromatic heterocycles. The Hall–Kier alpha value is -0.930. The molecule has 1 aromatic carbocycles. The van der Waals surface area contributed by atoms with Gasteiger partial charge in [-0.3, -0.25) is 4.90 Å². The third-order valence-electron chi connectivity index (χ3n) is 3.90. The van der Waals surface area contributed by atoms with Gasteiger partial charge in [-0.2, -0.15) is 0 Å². The maximum Gasteiger partial charge on any atom is 0.123 e. The van der Waals surface area contributed by atoms with E-state index >= 15 is 0 Å². The Labute approximate surface area is 103 Å². The summed E-state index contributed by atoms with van der Waals surface area (Å²) in [6.07, 6.45) is 3.54. The zero-order valence-electron chi connectivity index (χ0n) is 10.7. The number of piperidine rings is 1. The molecule has 1 N–H and O–H groups in total. The first-order valence-corrected chi connectivity index (χ1v) is 6.31. The van der Waals surface area contributed by atoms with E-state index in [0.717, 1.165) is 25.1 Å². The highest BCUT2D eigenvalue weighted by Gasteiger charge is 2.37. The molecule has 1 atom stereocenters. The van der Waals surface area contributed by atoms with Crippen molar-refractivity contribution < 1.29 is 4.39 Å². The van der Waals surface area contributed by atoms with Crippen molar-refractivity contribution in [2.24, 2.45) is 0 Å². The van der Waals surface area contributed by atoms with Crippen LogP contribution in [0.2, 0.25) is 0 Å². The predicted molar refractivity (Wildman–Crippen MR) is 68.5 cm³/mol. The number of rotatable bonds is 3. The average Bonchev–Trinajstić information content (AvgIpc) is 2.32. The van der Waals surface area contributed by atoms with Crippen molar-refractivity contribution in [2.45, 2.75) is 24.8 Å². The zero-order chi connectivity index (χ0) is 12.3. The van der Waals surface area contributed by atoms with Crippen LogP contribution in [-0.2, 0) is 5.54 Å².